The monoisotopic (exact) mass is 271 g/mol. The van der Waals surface area contributed by atoms with E-state index >= 15 is 0 Å². The zero-order chi connectivity index (χ0) is 14.4. The van der Waals surface area contributed by atoms with Gasteiger partial charge in [-0.1, -0.05) is 17.2 Å². The lowest BCUT2D eigenvalue weighted by molar-refractivity contribution is 0.0516. The van der Waals surface area contributed by atoms with E-state index in [4.69, 9.17) is 9.47 Å². The average molecular weight is 271 g/mol. The normalized spacial score (nSPS) is 9.50. The molecule has 0 bridgehead atoms. The molecule has 20 heavy (non-hydrogen) atoms. The van der Waals surface area contributed by atoms with Gasteiger partial charge >= 0.3 is 5.97 Å². The zero-order valence-corrected chi connectivity index (χ0v) is 11.1. The number of aromatic amines is 1. The van der Waals surface area contributed by atoms with E-state index in [9.17, 15) is 4.79 Å². The second-order valence-corrected chi connectivity index (χ2v) is 3.71. The number of hydrogen-bond acceptors (Lipinski definition) is 5. The van der Waals surface area contributed by atoms with E-state index in [1.807, 2.05) is 12.1 Å². The van der Waals surface area contributed by atoms with E-state index in [-0.39, 0.29) is 18.2 Å². The number of nitrogens with one attached hydrogen (secondary N) is 1. The van der Waals surface area contributed by atoms with Gasteiger partial charge in [0.25, 0.3) is 5.88 Å². The van der Waals surface area contributed by atoms with Crippen molar-refractivity contribution in [2.24, 2.45) is 0 Å². The highest BCUT2D eigenvalue weighted by Gasteiger charge is 2.19. The molecule has 1 aromatic heterocycles. The number of carbonyl (C=O) groups is 1. The van der Waals surface area contributed by atoms with Crippen molar-refractivity contribution in [2.45, 2.75) is 13.8 Å². The van der Waals surface area contributed by atoms with Crippen molar-refractivity contribution < 1.29 is 14.3 Å². The minimum atomic E-state index is -0.583. The summed E-state index contributed by atoms with van der Waals surface area (Å²) in [4.78, 5) is 11.6. The number of esters is 1. The van der Waals surface area contributed by atoms with Gasteiger partial charge in [0.2, 0.25) is 5.69 Å². The number of hydrogen-bond donors (Lipinski definition) is 1. The summed E-state index contributed by atoms with van der Waals surface area (Å²) < 4.78 is 10.4. The summed E-state index contributed by atoms with van der Waals surface area (Å²) in [6.07, 6.45) is 0. The van der Waals surface area contributed by atoms with Gasteiger partial charge in [0.1, 0.15) is 5.75 Å². The summed E-state index contributed by atoms with van der Waals surface area (Å²) >= 11 is 0. The van der Waals surface area contributed by atoms with Crippen molar-refractivity contribution in [3.05, 3.63) is 35.5 Å². The van der Waals surface area contributed by atoms with Crippen LogP contribution >= 0.6 is 0 Å². The average Bonchev–Trinajstić information content (AvgIpc) is 2.88. The summed E-state index contributed by atoms with van der Waals surface area (Å²) in [5, 5.41) is 9.73. The van der Waals surface area contributed by atoms with Crippen molar-refractivity contribution in [2.75, 3.05) is 6.61 Å². The Balaban J connectivity index is 2.22. The van der Waals surface area contributed by atoms with Crippen molar-refractivity contribution in [3.8, 4) is 23.5 Å². The fourth-order valence-corrected chi connectivity index (χ4v) is 1.52. The van der Waals surface area contributed by atoms with E-state index in [1.54, 1.807) is 26.0 Å². The quantitative estimate of drug-likeness (QED) is 0.681. The maximum Gasteiger partial charge on any atom is 0.364 e. The lowest BCUT2D eigenvalue weighted by Gasteiger charge is -2.04. The molecule has 2 aromatic rings. The van der Waals surface area contributed by atoms with Gasteiger partial charge in [-0.25, -0.2) is 9.89 Å². The van der Waals surface area contributed by atoms with Gasteiger partial charge in [-0.2, -0.15) is 0 Å². The second-order valence-electron chi connectivity index (χ2n) is 3.71. The molecule has 0 saturated heterocycles. The van der Waals surface area contributed by atoms with Gasteiger partial charge in [-0.05, 0) is 32.0 Å². The number of carbonyl (C=O) groups excluding carboxylic acids is 1. The first-order chi connectivity index (χ1) is 9.74. The molecule has 0 spiro atoms. The van der Waals surface area contributed by atoms with E-state index in [2.05, 4.69) is 27.3 Å². The fourth-order valence-electron chi connectivity index (χ4n) is 1.52. The largest absolute Gasteiger partial charge is 0.461 e. The topological polar surface area (TPSA) is 77.1 Å². The lowest BCUT2D eigenvalue weighted by atomic mass is 10.2. The van der Waals surface area contributed by atoms with E-state index < -0.39 is 5.97 Å². The van der Waals surface area contributed by atoms with Crippen molar-refractivity contribution in [1.82, 2.24) is 15.4 Å². The van der Waals surface area contributed by atoms with Gasteiger partial charge < -0.3 is 9.47 Å². The van der Waals surface area contributed by atoms with Crippen LogP contribution in [0.1, 0.15) is 29.9 Å². The first kappa shape index (κ1) is 13.6. The van der Waals surface area contributed by atoms with Crippen molar-refractivity contribution in [1.29, 1.82) is 0 Å². The first-order valence-electron chi connectivity index (χ1n) is 6.03. The predicted molar refractivity (Wildman–Crippen MR) is 71.4 cm³/mol. The lowest BCUT2D eigenvalue weighted by Crippen LogP contribution is -2.06. The van der Waals surface area contributed by atoms with Gasteiger partial charge in [-0.3, -0.25) is 0 Å². The third-order valence-corrected chi connectivity index (χ3v) is 2.31. The smallest absolute Gasteiger partial charge is 0.364 e. The highest BCUT2D eigenvalue weighted by Crippen LogP contribution is 2.22. The molecule has 1 N–H and O–H groups in total. The van der Waals surface area contributed by atoms with Crippen molar-refractivity contribution in [3.63, 3.8) is 0 Å². The van der Waals surface area contributed by atoms with Crippen LogP contribution in [0.15, 0.2) is 24.3 Å². The molecule has 1 aromatic carbocycles. The van der Waals surface area contributed by atoms with Crippen LogP contribution in [0.2, 0.25) is 0 Å². The van der Waals surface area contributed by atoms with Crippen LogP contribution in [0.4, 0.5) is 0 Å². The maximum atomic E-state index is 11.6. The van der Waals surface area contributed by atoms with Gasteiger partial charge in [-0.15, -0.1) is 11.0 Å². The Hall–Kier alpha value is -2.81. The fraction of sp³-hybridized carbons (Fsp3) is 0.214. The molecule has 102 valence electrons. The molecule has 6 heteroatoms. The Labute approximate surface area is 116 Å². The first-order valence-corrected chi connectivity index (χ1v) is 6.03. The van der Waals surface area contributed by atoms with E-state index in [1.165, 1.54) is 0 Å². The minimum absolute atomic E-state index is 0.0128. The predicted octanol–water partition coefficient (Wildman–Crippen LogP) is 2.15. The molecular formula is C14H13N3O3. The van der Waals surface area contributed by atoms with Gasteiger partial charge in [0.15, 0.2) is 0 Å². The third-order valence-electron chi connectivity index (χ3n) is 2.31. The van der Waals surface area contributed by atoms with Crippen LogP contribution in [0, 0.1) is 11.8 Å². The van der Waals surface area contributed by atoms with Crippen LogP contribution in [-0.4, -0.2) is 28.0 Å². The Kier molecular flexibility index (Phi) is 4.35. The van der Waals surface area contributed by atoms with E-state index in [0.29, 0.717) is 5.75 Å². The molecule has 2 rings (SSSR count). The highest BCUT2D eigenvalue weighted by molar-refractivity contribution is 5.89. The molecule has 0 amide bonds. The molecule has 0 atom stereocenters. The number of H-pyrrole nitrogens is 1. The highest BCUT2D eigenvalue weighted by atomic mass is 16.5. The number of benzene rings is 1. The molecule has 1 heterocycles. The number of nitrogens with zero attached hydrogens (tertiary/aromatic N) is 2. The third kappa shape index (κ3) is 3.14. The van der Waals surface area contributed by atoms with Crippen molar-refractivity contribution >= 4 is 5.97 Å². The Morgan fingerprint density at radius 3 is 3.05 bits per heavy atom. The van der Waals surface area contributed by atoms with E-state index in [0.717, 1.165) is 5.56 Å². The number of rotatable bonds is 4. The summed E-state index contributed by atoms with van der Waals surface area (Å²) in [6, 6.07) is 7.17. The minimum Gasteiger partial charge on any atom is -0.461 e. The molecule has 0 saturated carbocycles. The molecule has 0 aliphatic heterocycles. The Morgan fingerprint density at radius 2 is 2.30 bits per heavy atom. The maximum absolute atomic E-state index is 11.6. The summed E-state index contributed by atoms with van der Waals surface area (Å²) in [5.41, 5.74) is 0.828. The molecule has 0 unspecified atom stereocenters. The summed E-state index contributed by atoms with van der Waals surface area (Å²) in [6.45, 7) is 3.73. The van der Waals surface area contributed by atoms with Crippen LogP contribution in [0.25, 0.3) is 0 Å². The molecule has 0 aliphatic rings. The van der Waals surface area contributed by atoms with Crippen LogP contribution < -0.4 is 4.74 Å². The summed E-state index contributed by atoms with van der Waals surface area (Å²) in [7, 11) is 0. The number of ether oxygens (including phenoxy) is 2. The van der Waals surface area contributed by atoms with Gasteiger partial charge in [0, 0.05) is 5.56 Å². The molecule has 0 aliphatic carbocycles. The second kappa shape index (κ2) is 6.38. The van der Waals surface area contributed by atoms with Gasteiger partial charge in [0.05, 0.1) is 6.61 Å². The Morgan fingerprint density at radius 1 is 1.45 bits per heavy atom. The SMILES string of the molecule is CC#Cc1cccc(Oc2[nH]nnc2C(=O)OCC)c1. The van der Waals surface area contributed by atoms with Crippen LogP contribution in [-0.2, 0) is 4.74 Å². The molecule has 6 nitrogen and oxygen atoms in total. The Bertz CT molecular complexity index is 668. The zero-order valence-electron chi connectivity index (χ0n) is 11.1. The van der Waals surface area contributed by atoms with Crippen LogP contribution in [0.5, 0.6) is 11.6 Å². The molecule has 0 radical (unpaired) electrons. The van der Waals surface area contributed by atoms with Crippen LogP contribution in [0.3, 0.4) is 0 Å². The standard InChI is InChI=1S/C14H13N3O3/c1-3-6-10-7-5-8-11(9-10)20-13-12(15-17-16-13)14(18)19-4-2/h5,7-9H,4H2,1-2H3,(H,15,16,17). The number of aromatic nitrogens is 3. The molecule has 0 fully saturated rings. The molecular weight excluding hydrogens is 258 g/mol. The summed E-state index contributed by atoms with van der Waals surface area (Å²) in [5.74, 6) is 5.82.